The van der Waals surface area contributed by atoms with E-state index in [0.717, 1.165) is 16.6 Å². The van der Waals surface area contributed by atoms with Crippen molar-refractivity contribution < 1.29 is 36.2 Å². The Morgan fingerprint density at radius 1 is 1.15 bits per heavy atom. The number of benzene rings is 2. The summed E-state index contributed by atoms with van der Waals surface area (Å²) in [5.74, 6) is 0.179. The maximum atomic E-state index is 13.5. The van der Waals surface area contributed by atoms with Crippen LogP contribution in [0.2, 0.25) is 0 Å². The molecule has 1 heterocycles. The third-order valence-electron chi connectivity index (χ3n) is 4.56. The highest BCUT2D eigenvalue weighted by atomic mass is 32.2. The van der Waals surface area contributed by atoms with Gasteiger partial charge in [0.15, 0.2) is 9.84 Å². The number of anilines is 2. The number of fused-ring (bicyclic) bond motifs is 1. The molecule has 1 aliphatic heterocycles. The number of aliphatic hydroxyl groups is 1. The molecular formula is C21H26N2O8S2. The molecular weight excluding hydrogens is 472 g/mol. The van der Waals surface area contributed by atoms with E-state index >= 15 is 0 Å². The van der Waals surface area contributed by atoms with E-state index < -0.39 is 44.3 Å². The summed E-state index contributed by atoms with van der Waals surface area (Å²) in [6.07, 6.45) is -0.572. The van der Waals surface area contributed by atoms with Crippen LogP contribution >= 0.6 is 0 Å². The molecule has 0 saturated carbocycles. The summed E-state index contributed by atoms with van der Waals surface area (Å²) in [6.45, 7) is 4.47. The van der Waals surface area contributed by atoms with Gasteiger partial charge in [-0.15, -0.1) is 0 Å². The molecule has 2 aromatic carbocycles. The van der Waals surface area contributed by atoms with Crippen LogP contribution in [0.15, 0.2) is 52.3 Å². The van der Waals surface area contributed by atoms with Crippen molar-refractivity contribution in [3.8, 4) is 5.75 Å². The second-order valence-corrected chi connectivity index (χ2v) is 12.4. The fraction of sp³-hybridized carbons (Fsp3) is 0.381. The van der Waals surface area contributed by atoms with Crippen molar-refractivity contribution in [3.05, 3.63) is 42.5 Å². The number of hydrogen-bond donors (Lipinski definition) is 2. The number of carbonyl (C=O) groups is 1. The van der Waals surface area contributed by atoms with Crippen LogP contribution < -0.4 is 14.4 Å². The Morgan fingerprint density at radius 3 is 2.42 bits per heavy atom. The molecule has 0 spiro atoms. The van der Waals surface area contributed by atoms with Gasteiger partial charge < -0.3 is 14.6 Å². The zero-order valence-corrected chi connectivity index (χ0v) is 20.2. The molecule has 0 unspecified atom stereocenters. The molecule has 2 N–H and O–H groups in total. The van der Waals surface area contributed by atoms with E-state index in [1.807, 2.05) is 0 Å². The maximum absolute atomic E-state index is 13.5. The molecule has 0 saturated heterocycles. The molecule has 0 aliphatic carbocycles. The zero-order chi connectivity index (χ0) is 24.6. The second kappa shape index (κ2) is 8.84. The first kappa shape index (κ1) is 24.8. The SMILES string of the molecule is CC(C)(C)OC(=O)Nc1ccc2c(c1)N(S(=O)(=O)c1cccc(S(C)(=O)=O)c1)C[C@H](CO)O2. The molecule has 33 heavy (non-hydrogen) atoms. The van der Waals surface area contributed by atoms with Crippen LogP contribution in [0.1, 0.15) is 20.8 Å². The van der Waals surface area contributed by atoms with Crippen LogP contribution in [0.25, 0.3) is 0 Å². The highest BCUT2D eigenvalue weighted by Gasteiger charge is 2.35. The Hall–Kier alpha value is -2.83. The van der Waals surface area contributed by atoms with Gasteiger partial charge >= 0.3 is 6.09 Å². The molecule has 0 radical (unpaired) electrons. The number of amides is 1. The average Bonchev–Trinajstić information content (AvgIpc) is 2.71. The van der Waals surface area contributed by atoms with Crippen molar-refractivity contribution in [2.45, 2.75) is 42.3 Å². The Morgan fingerprint density at radius 2 is 1.82 bits per heavy atom. The van der Waals surface area contributed by atoms with Crippen molar-refractivity contribution in [3.63, 3.8) is 0 Å². The van der Waals surface area contributed by atoms with E-state index in [0.29, 0.717) is 0 Å². The highest BCUT2D eigenvalue weighted by Crippen LogP contribution is 2.39. The van der Waals surface area contributed by atoms with Crippen LogP contribution in [-0.4, -0.2) is 59.1 Å². The number of nitrogens with zero attached hydrogens (tertiary/aromatic N) is 1. The monoisotopic (exact) mass is 498 g/mol. The lowest BCUT2D eigenvalue weighted by Gasteiger charge is -2.35. The normalized spacial score (nSPS) is 16.5. The Kier molecular flexibility index (Phi) is 6.65. The lowest BCUT2D eigenvalue weighted by atomic mass is 10.2. The first-order valence-corrected chi connectivity index (χ1v) is 13.3. The predicted octanol–water partition coefficient (Wildman–Crippen LogP) is 2.39. The van der Waals surface area contributed by atoms with Crippen molar-refractivity contribution in [2.24, 2.45) is 0 Å². The van der Waals surface area contributed by atoms with Gasteiger partial charge in [0, 0.05) is 11.9 Å². The minimum atomic E-state index is -4.24. The third-order valence-corrected chi connectivity index (χ3v) is 7.45. The van der Waals surface area contributed by atoms with Crippen LogP contribution in [0.4, 0.5) is 16.2 Å². The molecule has 180 valence electrons. The molecule has 0 fully saturated rings. The summed E-state index contributed by atoms with van der Waals surface area (Å²) in [7, 11) is -7.88. The highest BCUT2D eigenvalue weighted by molar-refractivity contribution is 7.93. The number of rotatable bonds is 5. The molecule has 1 amide bonds. The van der Waals surface area contributed by atoms with Gasteiger partial charge in [0.05, 0.1) is 28.6 Å². The van der Waals surface area contributed by atoms with Crippen LogP contribution in [0.5, 0.6) is 5.75 Å². The summed E-state index contributed by atoms with van der Waals surface area (Å²) >= 11 is 0. The summed E-state index contributed by atoms with van der Waals surface area (Å²) < 4.78 is 62.7. The molecule has 3 rings (SSSR count). The van der Waals surface area contributed by atoms with E-state index in [9.17, 15) is 26.7 Å². The van der Waals surface area contributed by atoms with Crippen LogP contribution in [-0.2, 0) is 24.6 Å². The van der Waals surface area contributed by atoms with E-state index in [1.165, 1.54) is 36.4 Å². The van der Waals surface area contributed by atoms with Crippen molar-refractivity contribution >= 4 is 37.3 Å². The molecule has 0 bridgehead atoms. The molecule has 10 nitrogen and oxygen atoms in total. The van der Waals surface area contributed by atoms with E-state index in [4.69, 9.17) is 9.47 Å². The van der Waals surface area contributed by atoms with Crippen LogP contribution in [0.3, 0.4) is 0 Å². The fourth-order valence-corrected chi connectivity index (χ4v) is 5.41. The molecule has 0 aromatic heterocycles. The van der Waals surface area contributed by atoms with Crippen LogP contribution in [0, 0.1) is 0 Å². The average molecular weight is 499 g/mol. The van der Waals surface area contributed by atoms with Crippen molar-refractivity contribution in [1.29, 1.82) is 0 Å². The lowest BCUT2D eigenvalue weighted by Crippen LogP contribution is -2.45. The number of sulfonamides is 1. The van der Waals surface area contributed by atoms with Crippen molar-refractivity contribution in [2.75, 3.05) is 29.0 Å². The van der Waals surface area contributed by atoms with E-state index in [-0.39, 0.29) is 33.5 Å². The Balaban J connectivity index is 2.04. The summed E-state index contributed by atoms with van der Waals surface area (Å²) in [4.78, 5) is 11.8. The van der Waals surface area contributed by atoms with E-state index in [2.05, 4.69) is 5.32 Å². The van der Waals surface area contributed by atoms with Gasteiger partial charge in [-0.2, -0.15) is 0 Å². The molecule has 2 aromatic rings. The number of ether oxygens (including phenoxy) is 2. The zero-order valence-electron chi connectivity index (χ0n) is 18.6. The van der Waals surface area contributed by atoms with Gasteiger partial charge in [-0.25, -0.2) is 21.6 Å². The standard InChI is InChI=1S/C21H26N2O8S2/c1-21(2,3)31-20(25)22-14-8-9-19-18(10-14)23(12-15(13-24)30-19)33(28,29)17-7-5-6-16(11-17)32(4,26)27/h5-11,15,24H,12-13H2,1-4H3,(H,22,25)/t15-/m1/s1. The number of carbonyl (C=O) groups excluding carboxylic acids is 1. The van der Waals surface area contributed by atoms with Gasteiger partial charge in [0.1, 0.15) is 17.5 Å². The maximum Gasteiger partial charge on any atom is 0.412 e. The largest absolute Gasteiger partial charge is 0.484 e. The molecule has 1 atom stereocenters. The molecule has 1 aliphatic rings. The van der Waals surface area contributed by atoms with E-state index in [1.54, 1.807) is 20.8 Å². The summed E-state index contributed by atoms with van der Waals surface area (Å²) in [5.41, 5.74) is -0.340. The number of hydrogen-bond acceptors (Lipinski definition) is 8. The Bertz CT molecular complexity index is 1270. The molecule has 12 heteroatoms. The quantitative estimate of drug-likeness (QED) is 0.641. The third kappa shape index (κ3) is 5.75. The number of aliphatic hydroxyl groups excluding tert-OH is 1. The minimum absolute atomic E-state index is 0.123. The topological polar surface area (TPSA) is 139 Å². The fourth-order valence-electron chi connectivity index (χ4n) is 3.13. The second-order valence-electron chi connectivity index (χ2n) is 8.51. The van der Waals surface area contributed by atoms with Gasteiger partial charge in [-0.3, -0.25) is 9.62 Å². The smallest absolute Gasteiger partial charge is 0.412 e. The van der Waals surface area contributed by atoms with Gasteiger partial charge in [-0.05, 0) is 57.2 Å². The van der Waals surface area contributed by atoms with Gasteiger partial charge in [0.2, 0.25) is 0 Å². The lowest BCUT2D eigenvalue weighted by molar-refractivity contribution is 0.0636. The van der Waals surface area contributed by atoms with Gasteiger partial charge in [0.25, 0.3) is 10.0 Å². The summed E-state index contributed by atoms with van der Waals surface area (Å²) in [5, 5.41) is 12.2. The summed E-state index contributed by atoms with van der Waals surface area (Å²) in [6, 6.07) is 9.41. The first-order valence-electron chi connectivity index (χ1n) is 9.95. The first-order chi connectivity index (χ1) is 15.2. The Labute approximate surface area is 193 Å². The van der Waals surface area contributed by atoms with Crippen molar-refractivity contribution in [1.82, 2.24) is 0 Å². The minimum Gasteiger partial charge on any atom is -0.484 e. The number of sulfone groups is 1. The number of nitrogens with one attached hydrogen (secondary N) is 1. The van der Waals surface area contributed by atoms with Gasteiger partial charge in [-0.1, -0.05) is 6.07 Å². The predicted molar refractivity (Wildman–Crippen MR) is 122 cm³/mol.